The molecule has 5 heteroatoms. The molecule has 0 saturated carbocycles. The number of H-pyrrole nitrogens is 1. The largest absolute Gasteiger partial charge is 0.379 e. The standard InChI is InChI=1S/C28H30N2O3/c1-21(30-14-16-33-17-15-30)18-23-4-2-22(3-5-23)7-10-26(31)20-27(32)11-8-24-6-9-25-12-13-29-28(25)19-24/h2-13,19,21,29H,14-18,20H2,1H3. The van der Waals surface area contributed by atoms with Gasteiger partial charge in [0.15, 0.2) is 11.6 Å². The van der Waals surface area contributed by atoms with Gasteiger partial charge in [-0.3, -0.25) is 14.5 Å². The Kier molecular flexibility index (Phi) is 7.66. The number of ether oxygens (including phenoxy) is 1. The van der Waals surface area contributed by atoms with Crippen LogP contribution in [0.25, 0.3) is 23.1 Å². The summed E-state index contributed by atoms with van der Waals surface area (Å²) in [7, 11) is 0. The maximum absolute atomic E-state index is 12.2. The van der Waals surface area contributed by atoms with Gasteiger partial charge in [0, 0.05) is 30.8 Å². The molecule has 1 aromatic heterocycles. The summed E-state index contributed by atoms with van der Waals surface area (Å²) >= 11 is 0. The highest BCUT2D eigenvalue weighted by Crippen LogP contribution is 2.16. The van der Waals surface area contributed by atoms with Crippen LogP contribution in [0.1, 0.15) is 30.0 Å². The minimum absolute atomic E-state index is 0.132. The van der Waals surface area contributed by atoms with E-state index in [2.05, 4.69) is 28.9 Å². The summed E-state index contributed by atoms with van der Waals surface area (Å²) in [6, 6.07) is 16.6. The Morgan fingerprint density at radius 2 is 1.64 bits per heavy atom. The van der Waals surface area contributed by atoms with Crippen LogP contribution in [0.2, 0.25) is 0 Å². The fraction of sp³-hybridized carbons (Fsp3) is 0.286. The van der Waals surface area contributed by atoms with Gasteiger partial charge in [0.05, 0.1) is 19.6 Å². The van der Waals surface area contributed by atoms with Crippen molar-refractivity contribution in [2.24, 2.45) is 0 Å². The van der Waals surface area contributed by atoms with Crippen LogP contribution >= 0.6 is 0 Å². The predicted molar refractivity (Wildman–Crippen MR) is 133 cm³/mol. The van der Waals surface area contributed by atoms with Crippen molar-refractivity contribution < 1.29 is 14.3 Å². The molecule has 0 radical (unpaired) electrons. The molecule has 2 heterocycles. The molecule has 1 saturated heterocycles. The summed E-state index contributed by atoms with van der Waals surface area (Å²) in [5.74, 6) is -0.404. The van der Waals surface area contributed by atoms with Crippen LogP contribution in [0.4, 0.5) is 0 Å². The predicted octanol–water partition coefficient (Wildman–Crippen LogP) is 4.69. The molecule has 1 aliphatic heterocycles. The highest BCUT2D eigenvalue weighted by atomic mass is 16.5. The van der Waals surface area contributed by atoms with Crippen molar-refractivity contribution in [3.05, 3.63) is 83.6 Å². The number of carbonyl (C=O) groups is 2. The second-order valence-electron chi connectivity index (χ2n) is 8.54. The zero-order valence-corrected chi connectivity index (χ0v) is 19.0. The number of rotatable bonds is 9. The number of aromatic amines is 1. The van der Waals surface area contributed by atoms with Crippen LogP contribution in [0.15, 0.2) is 66.9 Å². The lowest BCUT2D eigenvalue weighted by Gasteiger charge is -2.32. The Labute approximate surface area is 194 Å². The summed E-state index contributed by atoms with van der Waals surface area (Å²) in [5, 5.41) is 1.12. The van der Waals surface area contributed by atoms with Crippen molar-refractivity contribution in [3.8, 4) is 0 Å². The van der Waals surface area contributed by atoms with E-state index in [1.807, 2.05) is 42.6 Å². The Morgan fingerprint density at radius 1 is 0.970 bits per heavy atom. The molecule has 0 bridgehead atoms. The van der Waals surface area contributed by atoms with Crippen LogP contribution in [-0.4, -0.2) is 53.8 Å². The fourth-order valence-electron chi connectivity index (χ4n) is 4.09. The van der Waals surface area contributed by atoms with Gasteiger partial charge in [-0.15, -0.1) is 0 Å². The van der Waals surface area contributed by atoms with Gasteiger partial charge in [0.2, 0.25) is 0 Å². The van der Waals surface area contributed by atoms with E-state index < -0.39 is 0 Å². The first-order valence-corrected chi connectivity index (χ1v) is 11.5. The number of ketones is 2. The molecule has 5 nitrogen and oxygen atoms in total. The van der Waals surface area contributed by atoms with E-state index in [4.69, 9.17) is 4.74 Å². The number of hydrogen-bond acceptors (Lipinski definition) is 4. The lowest BCUT2D eigenvalue weighted by Crippen LogP contribution is -2.43. The van der Waals surface area contributed by atoms with E-state index in [1.165, 1.54) is 17.7 Å². The van der Waals surface area contributed by atoms with E-state index in [1.54, 1.807) is 12.2 Å². The number of nitrogens with zero attached hydrogens (tertiary/aromatic N) is 1. The first kappa shape index (κ1) is 22.9. The van der Waals surface area contributed by atoms with E-state index in [0.717, 1.165) is 54.8 Å². The molecule has 170 valence electrons. The average molecular weight is 443 g/mol. The molecular formula is C28H30N2O3. The number of allylic oxidation sites excluding steroid dienone is 2. The molecule has 0 amide bonds. The van der Waals surface area contributed by atoms with Crippen LogP contribution in [-0.2, 0) is 20.7 Å². The molecule has 1 atom stereocenters. The summed E-state index contributed by atoms with van der Waals surface area (Å²) in [4.78, 5) is 30.0. The van der Waals surface area contributed by atoms with Crippen molar-refractivity contribution in [1.82, 2.24) is 9.88 Å². The molecule has 1 N–H and O–H groups in total. The summed E-state index contributed by atoms with van der Waals surface area (Å²) in [5.41, 5.74) is 4.16. The van der Waals surface area contributed by atoms with E-state index in [0.29, 0.717) is 6.04 Å². The molecule has 3 aromatic rings. The maximum atomic E-state index is 12.2. The van der Waals surface area contributed by atoms with Gasteiger partial charge in [0.1, 0.15) is 0 Å². The summed E-state index contributed by atoms with van der Waals surface area (Å²) < 4.78 is 5.43. The molecular weight excluding hydrogens is 412 g/mol. The van der Waals surface area contributed by atoms with Gasteiger partial charge in [-0.25, -0.2) is 0 Å². The third-order valence-corrected chi connectivity index (χ3v) is 6.03. The number of nitrogens with one attached hydrogen (secondary N) is 1. The van der Waals surface area contributed by atoms with Crippen LogP contribution in [0, 0.1) is 0 Å². The topological polar surface area (TPSA) is 62.4 Å². The second-order valence-corrected chi connectivity index (χ2v) is 8.54. The van der Waals surface area contributed by atoms with Gasteiger partial charge < -0.3 is 9.72 Å². The van der Waals surface area contributed by atoms with Crippen molar-refractivity contribution in [1.29, 1.82) is 0 Å². The summed E-state index contributed by atoms with van der Waals surface area (Å²) in [6.45, 7) is 5.84. The highest BCUT2D eigenvalue weighted by Gasteiger charge is 2.17. The smallest absolute Gasteiger partial charge is 0.163 e. The third-order valence-electron chi connectivity index (χ3n) is 6.03. The Bertz CT molecular complexity index is 1150. The van der Waals surface area contributed by atoms with E-state index in [-0.39, 0.29) is 18.0 Å². The summed E-state index contributed by atoms with van der Waals surface area (Å²) in [6.07, 6.45) is 9.22. The Balaban J connectivity index is 1.25. The average Bonchev–Trinajstić information content (AvgIpc) is 3.31. The third kappa shape index (κ3) is 6.60. The molecule has 0 spiro atoms. The zero-order valence-electron chi connectivity index (χ0n) is 19.0. The number of carbonyl (C=O) groups excluding carboxylic acids is 2. The van der Waals surface area contributed by atoms with Crippen molar-refractivity contribution in [2.75, 3.05) is 26.3 Å². The molecule has 33 heavy (non-hydrogen) atoms. The van der Waals surface area contributed by atoms with Gasteiger partial charge in [-0.1, -0.05) is 48.6 Å². The van der Waals surface area contributed by atoms with Crippen molar-refractivity contribution in [2.45, 2.75) is 25.8 Å². The highest BCUT2D eigenvalue weighted by molar-refractivity contribution is 6.11. The van der Waals surface area contributed by atoms with Gasteiger partial charge >= 0.3 is 0 Å². The molecule has 1 unspecified atom stereocenters. The molecule has 1 aliphatic rings. The number of benzene rings is 2. The number of morpholine rings is 1. The number of fused-ring (bicyclic) bond motifs is 1. The molecule has 4 rings (SSSR count). The van der Waals surface area contributed by atoms with Gasteiger partial charge in [-0.2, -0.15) is 0 Å². The first-order chi connectivity index (χ1) is 16.1. The first-order valence-electron chi connectivity index (χ1n) is 11.5. The van der Waals surface area contributed by atoms with Crippen LogP contribution in [0.5, 0.6) is 0 Å². The lowest BCUT2D eigenvalue weighted by atomic mass is 10.0. The van der Waals surface area contributed by atoms with E-state index in [9.17, 15) is 9.59 Å². The minimum atomic E-state index is -0.205. The zero-order chi connectivity index (χ0) is 23.0. The molecule has 0 aliphatic carbocycles. The second kappa shape index (κ2) is 11.0. The van der Waals surface area contributed by atoms with Crippen LogP contribution in [0.3, 0.4) is 0 Å². The number of aromatic nitrogens is 1. The van der Waals surface area contributed by atoms with Crippen molar-refractivity contribution in [3.63, 3.8) is 0 Å². The normalized spacial score (nSPS) is 16.0. The molecule has 1 fully saturated rings. The van der Waals surface area contributed by atoms with Gasteiger partial charge in [0.25, 0.3) is 0 Å². The number of hydrogen-bond donors (Lipinski definition) is 1. The van der Waals surface area contributed by atoms with Crippen LogP contribution < -0.4 is 0 Å². The Morgan fingerprint density at radius 3 is 2.36 bits per heavy atom. The Hall–Kier alpha value is -3.28. The lowest BCUT2D eigenvalue weighted by molar-refractivity contribution is -0.121. The minimum Gasteiger partial charge on any atom is -0.379 e. The van der Waals surface area contributed by atoms with Crippen molar-refractivity contribution >= 4 is 34.6 Å². The van der Waals surface area contributed by atoms with Gasteiger partial charge in [-0.05, 0) is 59.7 Å². The van der Waals surface area contributed by atoms with E-state index >= 15 is 0 Å². The quantitative estimate of drug-likeness (QED) is 0.386. The molecule has 2 aromatic carbocycles. The fourth-order valence-corrected chi connectivity index (χ4v) is 4.09. The SMILES string of the molecule is CC(Cc1ccc(C=CC(=O)CC(=O)C=Cc2ccc3cc[nH]c3c2)cc1)N1CCOCC1. The maximum Gasteiger partial charge on any atom is 0.163 e. The monoisotopic (exact) mass is 442 g/mol.